The normalized spacial score (nSPS) is 29.7. The number of H-pyrrole nitrogens is 2. The molecule has 0 amide bonds. The molecule has 11 nitrogen and oxygen atoms in total. The predicted molar refractivity (Wildman–Crippen MR) is 65.3 cm³/mol. The van der Waals surface area contributed by atoms with E-state index in [0.29, 0.717) is 0 Å². The number of nitrogens with one attached hydrogen (secondary N) is 2. The molecule has 6 N–H and O–H groups in total. The SMILES string of the molecule is O=c1[nH]cc([C@@H]2O[C@H](COP(=O)(O)O)[C@@H](O)C2O)c(=O)[nH]1. The van der Waals surface area contributed by atoms with E-state index in [9.17, 15) is 24.4 Å². The van der Waals surface area contributed by atoms with Crippen molar-refractivity contribution in [2.75, 3.05) is 6.61 Å². The Morgan fingerprint density at radius 1 is 1.29 bits per heavy atom. The van der Waals surface area contributed by atoms with E-state index in [-0.39, 0.29) is 5.56 Å². The topological polar surface area (TPSA) is 182 Å². The van der Waals surface area contributed by atoms with E-state index >= 15 is 0 Å². The minimum atomic E-state index is -4.76. The first kappa shape index (κ1) is 16.0. The van der Waals surface area contributed by atoms with Crippen LogP contribution in [0.25, 0.3) is 0 Å². The Kier molecular flexibility index (Phi) is 4.44. The van der Waals surface area contributed by atoms with Crippen LogP contribution < -0.4 is 11.2 Å². The first-order valence-corrected chi connectivity index (χ1v) is 7.25. The second kappa shape index (κ2) is 5.81. The fraction of sp³-hybridized carbons (Fsp3) is 0.556. The Hall–Kier alpha value is -1.33. The van der Waals surface area contributed by atoms with Gasteiger partial charge in [-0.15, -0.1) is 0 Å². The van der Waals surface area contributed by atoms with E-state index in [1.54, 1.807) is 0 Å². The standard InChI is InChI=1S/C9H13N2O9P/c12-5-4(2-19-21(16,17)18)20-7(6(5)13)3-1-10-9(15)11-8(3)14/h1,4-7,12-13H,2H2,(H2,16,17,18)(H2,10,11,14,15)/t4-,5-,6?,7+/m1/s1. The first-order chi connectivity index (χ1) is 9.69. The molecule has 118 valence electrons. The number of aromatic nitrogens is 2. The van der Waals surface area contributed by atoms with Crippen LogP contribution in [0.15, 0.2) is 15.8 Å². The lowest BCUT2D eigenvalue weighted by Gasteiger charge is -2.14. The van der Waals surface area contributed by atoms with Crippen molar-refractivity contribution in [3.63, 3.8) is 0 Å². The molecule has 2 rings (SSSR count). The maximum Gasteiger partial charge on any atom is 0.469 e. The van der Waals surface area contributed by atoms with Crippen molar-refractivity contribution in [3.05, 3.63) is 32.6 Å². The molecule has 0 aliphatic carbocycles. The number of phosphoric acid groups is 1. The number of phosphoric ester groups is 1. The Balaban J connectivity index is 2.18. The molecule has 1 aromatic heterocycles. The molecule has 1 fully saturated rings. The molecule has 4 atom stereocenters. The van der Waals surface area contributed by atoms with Crippen LogP contribution in [0.3, 0.4) is 0 Å². The van der Waals surface area contributed by atoms with E-state index in [1.807, 2.05) is 4.98 Å². The molecular weight excluding hydrogens is 311 g/mol. The fourth-order valence-electron chi connectivity index (χ4n) is 1.95. The summed E-state index contributed by atoms with van der Waals surface area (Å²) in [6.07, 6.45) is -4.54. The van der Waals surface area contributed by atoms with E-state index in [2.05, 4.69) is 9.51 Å². The summed E-state index contributed by atoms with van der Waals surface area (Å²) in [7, 11) is -4.76. The van der Waals surface area contributed by atoms with Gasteiger partial charge in [-0.25, -0.2) is 9.36 Å². The molecule has 0 saturated carbocycles. The van der Waals surface area contributed by atoms with E-state index < -0.39 is 50.1 Å². The van der Waals surface area contributed by atoms with E-state index in [1.165, 1.54) is 0 Å². The third kappa shape index (κ3) is 3.66. The molecule has 1 unspecified atom stereocenters. The molecule has 1 aromatic rings. The molecule has 1 aliphatic rings. The van der Waals surface area contributed by atoms with Gasteiger partial charge >= 0.3 is 13.5 Å². The second-order valence-corrected chi connectivity index (χ2v) is 5.63. The van der Waals surface area contributed by atoms with Gasteiger partial charge in [-0.05, 0) is 0 Å². The molecule has 21 heavy (non-hydrogen) atoms. The maximum absolute atomic E-state index is 11.6. The van der Waals surface area contributed by atoms with Gasteiger partial charge < -0.3 is 29.7 Å². The van der Waals surface area contributed by atoms with Crippen LogP contribution in [-0.4, -0.2) is 54.9 Å². The summed E-state index contributed by atoms with van der Waals surface area (Å²) in [5, 5.41) is 19.6. The molecule has 1 saturated heterocycles. The quantitative estimate of drug-likeness (QED) is 0.322. The number of ether oxygens (including phenoxy) is 1. The second-order valence-electron chi connectivity index (χ2n) is 4.39. The highest BCUT2D eigenvalue weighted by atomic mass is 31.2. The van der Waals surface area contributed by atoms with E-state index in [4.69, 9.17) is 14.5 Å². The van der Waals surface area contributed by atoms with Crippen LogP contribution in [0.2, 0.25) is 0 Å². The average Bonchev–Trinajstić information content (AvgIpc) is 2.64. The fourth-order valence-corrected chi connectivity index (χ4v) is 2.29. The van der Waals surface area contributed by atoms with Gasteiger partial charge in [0.15, 0.2) is 0 Å². The first-order valence-electron chi connectivity index (χ1n) is 5.72. The Morgan fingerprint density at radius 2 is 1.95 bits per heavy atom. The van der Waals surface area contributed by atoms with Crippen molar-refractivity contribution in [2.45, 2.75) is 24.4 Å². The lowest BCUT2D eigenvalue weighted by molar-refractivity contribution is -0.0228. The molecule has 2 heterocycles. The van der Waals surface area contributed by atoms with Crippen LogP contribution in [0.4, 0.5) is 0 Å². The van der Waals surface area contributed by atoms with Crippen LogP contribution in [0, 0.1) is 0 Å². The van der Waals surface area contributed by atoms with Crippen LogP contribution in [0.1, 0.15) is 11.7 Å². The number of hydrogen-bond acceptors (Lipinski definition) is 7. The summed E-state index contributed by atoms with van der Waals surface area (Å²) in [5.74, 6) is 0. The molecule has 0 bridgehead atoms. The Labute approximate surface area is 116 Å². The number of rotatable bonds is 4. The lowest BCUT2D eigenvalue weighted by atomic mass is 10.0. The predicted octanol–water partition coefficient (Wildman–Crippen LogP) is -2.67. The van der Waals surface area contributed by atoms with Crippen molar-refractivity contribution in [1.29, 1.82) is 0 Å². The van der Waals surface area contributed by atoms with Crippen molar-refractivity contribution in [3.8, 4) is 0 Å². The number of aliphatic hydroxyl groups is 2. The van der Waals surface area contributed by atoms with E-state index in [0.717, 1.165) is 6.20 Å². The molecule has 12 heteroatoms. The van der Waals surface area contributed by atoms with Gasteiger partial charge in [0.05, 0.1) is 12.2 Å². The van der Waals surface area contributed by atoms with Crippen molar-refractivity contribution >= 4 is 7.82 Å². The minimum Gasteiger partial charge on any atom is -0.387 e. The van der Waals surface area contributed by atoms with Gasteiger partial charge in [0, 0.05) is 6.20 Å². The minimum absolute atomic E-state index is 0.139. The molecular formula is C9H13N2O9P. The summed E-state index contributed by atoms with van der Waals surface area (Å²) in [5.41, 5.74) is -1.70. The van der Waals surface area contributed by atoms with Gasteiger partial charge in [-0.2, -0.15) is 0 Å². The third-order valence-electron chi connectivity index (χ3n) is 2.92. The zero-order chi connectivity index (χ0) is 15.8. The number of aromatic amines is 2. The zero-order valence-corrected chi connectivity index (χ0v) is 11.3. The Bertz CT molecular complexity index is 664. The van der Waals surface area contributed by atoms with Gasteiger partial charge in [0.25, 0.3) is 5.56 Å². The summed E-state index contributed by atoms with van der Waals surface area (Å²) in [6.45, 7) is -0.680. The van der Waals surface area contributed by atoms with Gasteiger partial charge in [0.2, 0.25) is 0 Å². The summed E-state index contributed by atoms with van der Waals surface area (Å²) < 4.78 is 20.0. The van der Waals surface area contributed by atoms with Gasteiger partial charge in [0.1, 0.15) is 24.4 Å². The highest BCUT2D eigenvalue weighted by Crippen LogP contribution is 2.38. The molecule has 1 aliphatic heterocycles. The number of aliphatic hydroxyl groups excluding tert-OH is 2. The lowest BCUT2D eigenvalue weighted by Crippen LogP contribution is -2.34. The summed E-state index contributed by atoms with van der Waals surface area (Å²) >= 11 is 0. The summed E-state index contributed by atoms with van der Waals surface area (Å²) in [4.78, 5) is 43.8. The maximum atomic E-state index is 11.6. The van der Waals surface area contributed by atoms with Crippen LogP contribution in [0.5, 0.6) is 0 Å². The highest BCUT2D eigenvalue weighted by molar-refractivity contribution is 7.46. The van der Waals surface area contributed by atoms with Crippen LogP contribution in [-0.2, 0) is 13.8 Å². The zero-order valence-electron chi connectivity index (χ0n) is 10.4. The largest absolute Gasteiger partial charge is 0.469 e. The third-order valence-corrected chi connectivity index (χ3v) is 3.41. The monoisotopic (exact) mass is 324 g/mol. The Morgan fingerprint density at radius 3 is 2.52 bits per heavy atom. The molecule has 0 aromatic carbocycles. The van der Waals surface area contributed by atoms with Gasteiger partial charge in [-0.1, -0.05) is 0 Å². The molecule has 0 radical (unpaired) electrons. The summed E-state index contributed by atoms with van der Waals surface area (Å²) in [6, 6.07) is 0. The molecule has 0 spiro atoms. The van der Waals surface area contributed by atoms with Gasteiger partial charge in [-0.3, -0.25) is 14.3 Å². The average molecular weight is 324 g/mol. The smallest absolute Gasteiger partial charge is 0.387 e. The highest BCUT2D eigenvalue weighted by Gasteiger charge is 2.45. The van der Waals surface area contributed by atoms with Crippen molar-refractivity contribution in [2.24, 2.45) is 0 Å². The van der Waals surface area contributed by atoms with Crippen LogP contribution >= 0.6 is 7.82 Å². The van der Waals surface area contributed by atoms with Crippen molar-refractivity contribution < 1.29 is 33.8 Å². The number of hydrogen-bond donors (Lipinski definition) is 6. The van der Waals surface area contributed by atoms with Crippen molar-refractivity contribution in [1.82, 2.24) is 9.97 Å².